The molecule has 0 aliphatic carbocycles. The van der Waals surface area contributed by atoms with E-state index in [0.717, 1.165) is 16.7 Å². The van der Waals surface area contributed by atoms with Gasteiger partial charge in [0.1, 0.15) is 18.4 Å². The number of nitriles is 1. The third kappa shape index (κ3) is 5.56. The predicted octanol–water partition coefficient (Wildman–Crippen LogP) is 4.49. The first-order chi connectivity index (χ1) is 26.4. The standard InChI is InChI=1S/C40H42N4O10S.CH4.B.H2/c1-17-9-21-10-23-24(13-41)44-25-14-51-39(48)40(22-12-27(49-5)26(46)11-20(22)7-8-42-40)15-55-38(32(44)31(43(23)4)28(21)33(47)34(17)50-6)30-29(25)37-36(52-16-53-37)18(2)35(30)54-19(3)45;;;/h9,11-12,23-25,31-32,38,42,46-47H,7-8,10,14-16H2,1-6H3;1H4;;1H/t23-,24-,25-,31+,32+,38+,40+;;;/m0.../s1. The highest BCUT2D eigenvalue weighted by Gasteiger charge is 2.62. The number of aromatic hydroxyl groups is 2. The molecular weight excluding hydrogens is 751 g/mol. The van der Waals surface area contributed by atoms with E-state index in [1.54, 1.807) is 12.1 Å². The van der Waals surface area contributed by atoms with Crippen molar-refractivity contribution in [3.8, 4) is 46.3 Å². The van der Waals surface area contributed by atoms with Gasteiger partial charge in [-0.15, -0.1) is 11.8 Å². The number of benzene rings is 3. The van der Waals surface area contributed by atoms with Gasteiger partial charge in [-0.25, -0.2) is 4.79 Å². The highest BCUT2D eigenvalue weighted by atomic mass is 32.2. The van der Waals surface area contributed by atoms with Crippen LogP contribution in [0, 0.1) is 25.2 Å². The van der Waals surface area contributed by atoms with E-state index < -0.39 is 46.9 Å². The molecule has 57 heavy (non-hydrogen) atoms. The van der Waals surface area contributed by atoms with Crippen molar-refractivity contribution in [3.05, 3.63) is 62.7 Å². The lowest BCUT2D eigenvalue weighted by molar-refractivity contribution is -0.157. The third-order valence-corrected chi connectivity index (χ3v) is 13.9. The molecule has 0 saturated carbocycles. The van der Waals surface area contributed by atoms with E-state index in [1.807, 2.05) is 27.0 Å². The molecule has 7 atom stereocenters. The Labute approximate surface area is 339 Å². The minimum atomic E-state index is -1.36. The van der Waals surface area contributed by atoms with Crippen LogP contribution in [0.25, 0.3) is 0 Å². The van der Waals surface area contributed by atoms with Crippen LogP contribution < -0.4 is 29.0 Å². The number of phenolic OH excluding ortho intramolecular Hbond substituents is 2. The molecule has 16 heteroatoms. The fourth-order valence-electron chi connectivity index (χ4n) is 10.2. The van der Waals surface area contributed by atoms with E-state index in [0.29, 0.717) is 70.2 Å². The lowest BCUT2D eigenvalue weighted by atomic mass is 9.71. The molecule has 1 spiro atoms. The van der Waals surface area contributed by atoms with Crippen LogP contribution in [0.1, 0.15) is 77.6 Å². The van der Waals surface area contributed by atoms with Gasteiger partial charge >= 0.3 is 11.9 Å². The van der Waals surface area contributed by atoms with Crippen LogP contribution in [-0.4, -0.2) is 105 Å². The number of ether oxygens (including phenoxy) is 6. The largest absolute Gasteiger partial charge is 0.504 e. The molecule has 0 unspecified atom stereocenters. The number of nitrogens with one attached hydrogen (secondary N) is 1. The second-order valence-electron chi connectivity index (χ2n) is 15.1. The van der Waals surface area contributed by atoms with Crippen molar-refractivity contribution < 1.29 is 49.6 Å². The number of phenols is 2. The van der Waals surface area contributed by atoms with E-state index in [4.69, 9.17) is 28.4 Å². The molecule has 2 fully saturated rings. The summed E-state index contributed by atoms with van der Waals surface area (Å²) in [6.07, 6.45) is 1.05. The fourth-order valence-corrected chi connectivity index (χ4v) is 11.9. The molecule has 0 amide bonds. The molecule has 7 aliphatic rings. The minimum absolute atomic E-state index is 0. The Balaban J connectivity index is 0.00000189. The summed E-state index contributed by atoms with van der Waals surface area (Å²) in [6, 6.07) is 5.28. The van der Waals surface area contributed by atoms with Crippen LogP contribution >= 0.6 is 11.8 Å². The van der Waals surface area contributed by atoms with Crippen LogP contribution in [0.15, 0.2) is 18.2 Å². The van der Waals surface area contributed by atoms with Crippen LogP contribution in [0.4, 0.5) is 0 Å². The van der Waals surface area contributed by atoms with Gasteiger partial charge in [0.25, 0.3) is 0 Å². The molecule has 2 saturated heterocycles. The first-order valence-corrected chi connectivity index (χ1v) is 19.4. The van der Waals surface area contributed by atoms with Crippen LogP contribution in [0.3, 0.4) is 0 Å². The molecule has 7 heterocycles. The average Bonchev–Trinajstić information content (AvgIpc) is 3.65. The molecule has 10 rings (SSSR count). The van der Waals surface area contributed by atoms with E-state index in [2.05, 4.69) is 21.2 Å². The van der Waals surface area contributed by atoms with Gasteiger partial charge in [0.05, 0.1) is 37.6 Å². The van der Waals surface area contributed by atoms with Crippen molar-refractivity contribution in [2.45, 2.75) is 82.0 Å². The van der Waals surface area contributed by atoms with Crippen LogP contribution in [0.5, 0.6) is 40.2 Å². The van der Waals surface area contributed by atoms with Crippen molar-refractivity contribution in [1.29, 1.82) is 5.26 Å². The Bertz CT molecular complexity index is 2240. The minimum Gasteiger partial charge on any atom is -0.504 e. The van der Waals surface area contributed by atoms with Gasteiger partial charge in [-0.2, -0.15) is 5.26 Å². The number of piperazine rings is 1. The lowest BCUT2D eigenvalue weighted by Gasteiger charge is -2.62. The summed E-state index contributed by atoms with van der Waals surface area (Å²) in [7, 11) is 4.99. The first kappa shape index (κ1) is 40.4. The smallest absolute Gasteiger partial charge is 0.331 e. The highest BCUT2D eigenvalue weighted by Crippen LogP contribution is 2.64. The summed E-state index contributed by atoms with van der Waals surface area (Å²) in [5.41, 5.74) is 4.41. The molecule has 3 aromatic rings. The van der Waals surface area contributed by atoms with Gasteiger partial charge in [0.2, 0.25) is 6.79 Å². The zero-order chi connectivity index (χ0) is 38.7. The average molecular weight is 800 g/mol. The maximum absolute atomic E-state index is 14.7. The summed E-state index contributed by atoms with van der Waals surface area (Å²) in [5, 5.41) is 36.9. The second kappa shape index (κ2) is 14.5. The van der Waals surface area contributed by atoms with Gasteiger partial charge in [0, 0.05) is 63.4 Å². The third-order valence-electron chi connectivity index (χ3n) is 12.4. The van der Waals surface area contributed by atoms with Gasteiger partial charge in [-0.3, -0.25) is 19.9 Å². The Morgan fingerprint density at radius 2 is 1.82 bits per heavy atom. The summed E-state index contributed by atoms with van der Waals surface area (Å²) >= 11 is 1.48. The fraction of sp³-hybridized carbons (Fsp3) is 0.488. The van der Waals surface area contributed by atoms with Crippen LogP contribution in [0.2, 0.25) is 0 Å². The number of rotatable bonds is 3. The second-order valence-corrected chi connectivity index (χ2v) is 16.2. The van der Waals surface area contributed by atoms with Gasteiger partial charge in [-0.05, 0) is 68.1 Å². The number of nitrogens with zero attached hydrogens (tertiary/aromatic N) is 3. The molecule has 301 valence electrons. The van der Waals surface area contributed by atoms with Gasteiger partial charge < -0.3 is 38.6 Å². The topological polar surface area (TPSA) is 172 Å². The molecule has 4 bridgehead atoms. The Morgan fingerprint density at radius 3 is 2.53 bits per heavy atom. The van der Waals surface area contributed by atoms with Crippen molar-refractivity contribution in [1.82, 2.24) is 15.1 Å². The first-order valence-electron chi connectivity index (χ1n) is 18.3. The normalized spacial score (nSPS) is 27.9. The number of carbonyl (C=O) groups is 2. The number of carbonyl (C=O) groups excluding carboxylic acids is 2. The lowest BCUT2D eigenvalue weighted by Crippen LogP contribution is -2.69. The van der Waals surface area contributed by atoms with Gasteiger partial charge in [-0.1, -0.05) is 13.5 Å². The van der Waals surface area contributed by atoms with Crippen LogP contribution in [-0.2, 0) is 32.7 Å². The monoisotopic (exact) mass is 799 g/mol. The summed E-state index contributed by atoms with van der Waals surface area (Å²) < 4.78 is 36.1. The summed E-state index contributed by atoms with van der Waals surface area (Å²) in [5.74, 6) is 0.973. The van der Waals surface area contributed by atoms with Gasteiger partial charge in [0.15, 0.2) is 40.0 Å². The molecule has 7 aliphatic heterocycles. The van der Waals surface area contributed by atoms with E-state index in [1.165, 1.54) is 32.9 Å². The molecule has 3 N–H and O–H groups in total. The van der Waals surface area contributed by atoms with Crippen molar-refractivity contribution in [2.24, 2.45) is 0 Å². The number of hydrogen-bond donors (Lipinski definition) is 3. The highest BCUT2D eigenvalue weighted by molar-refractivity contribution is 7.99. The number of likely N-dealkylation sites (N-methyl/N-ethyl adjacent to an activating group) is 1. The summed E-state index contributed by atoms with van der Waals surface area (Å²) in [4.78, 5) is 32.0. The number of fused-ring (bicyclic) bond motifs is 9. The summed E-state index contributed by atoms with van der Waals surface area (Å²) in [6.45, 7) is 5.28. The molecule has 3 radical (unpaired) electrons. The van der Waals surface area contributed by atoms with Crippen molar-refractivity contribution in [3.63, 3.8) is 0 Å². The number of thioether (sulfide) groups is 1. The maximum Gasteiger partial charge on any atom is 0.331 e. The zero-order valence-corrected chi connectivity index (χ0v) is 32.7. The van der Waals surface area contributed by atoms with E-state index >= 15 is 0 Å². The van der Waals surface area contributed by atoms with E-state index in [9.17, 15) is 25.1 Å². The Kier molecular flexibility index (Phi) is 10.3. The number of esters is 2. The zero-order valence-electron chi connectivity index (χ0n) is 31.9. The van der Waals surface area contributed by atoms with Crippen molar-refractivity contribution >= 4 is 32.1 Å². The molecule has 0 aromatic heterocycles. The number of aryl methyl sites for hydroxylation is 1. The molecular formula is C41H48BN4O10S. The number of methoxy groups -OCH3 is 2. The maximum atomic E-state index is 14.7. The number of hydrogen-bond acceptors (Lipinski definition) is 15. The van der Waals surface area contributed by atoms with E-state index in [-0.39, 0.29) is 59.7 Å². The molecule has 3 aromatic carbocycles. The Morgan fingerprint density at radius 1 is 1.07 bits per heavy atom. The predicted molar refractivity (Wildman–Crippen MR) is 213 cm³/mol. The molecule has 14 nitrogen and oxygen atoms in total. The quantitative estimate of drug-likeness (QED) is 0.192. The Hall–Kier alpha value is -4.82. The SMILES string of the molecule is C.COc1cc2c(cc1O)CCN[C@]21CS[C@@H]2c3c(OC(C)=O)c(C)c4c(c3[C@H](COC1=O)N1[C@@H]2[C@H]2c3c(cc(C)c(OC)c3O)C[C@@H]([C@@H]1C#N)N2C)OCO4.[B].[HH]. The van der Waals surface area contributed by atoms with Crippen molar-refractivity contribution in [2.75, 3.05) is 47.0 Å².